The molecule has 0 saturated heterocycles. The minimum atomic E-state index is -0.209. The van der Waals surface area contributed by atoms with E-state index in [4.69, 9.17) is 0 Å². The summed E-state index contributed by atoms with van der Waals surface area (Å²) in [6, 6.07) is -0.209. The van der Waals surface area contributed by atoms with E-state index in [1.54, 1.807) is 4.90 Å². The van der Waals surface area contributed by atoms with Crippen LogP contribution in [-0.4, -0.2) is 63.9 Å². The highest BCUT2D eigenvalue weighted by Crippen LogP contribution is 2.15. The number of aromatic nitrogens is 2. The second kappa shape index (κ2) is 6.85. The van der Waals surface area contributed by atoms with Crippen molar-refractivity contribution in [3.63, 3.8) is 0 Å². The molecule has 0 aromatic carbocycles. The maximum absolute atomic E-state index is 12.5. The Morgan fingerprint density at radius 3 is 2.40 bits per heavy atom. The molecular weight excluding hydrogens is 256 g/mol. The molecule has 1 N–H and O–H groups in total. The largest absolute Gasteiger partial charge is 0.395 e. The van der Waals surface area contributed by atoms with E-state index < -0.39 is 0 Å². The molecular formula is C14H26N4O2. The Bertz CT molecular complexity index is 468. The Morgan fingerprint density at radius 2 is 2.00 bits per heavy atom. The van der Waals surface area contributed by atoms with Gasteiger partial charge < -0.3 is 10.0 Å². The number of carbonyl (C=O) groups is 1. The van der Waals surface area contributed by atoms with Crippen LogP contribution in [0.3, 0.4) is 0 Å². The SMILES string of the molecule is Cc1nn(C)c(C)c1CN(CCO)C(=O)C(C)N(C)C. The Labute approximate surface area is 121 Å². The summed E-state index contributed by atoms with van der Waals surface area (Å²) in [5.41, 5.74) is 3.04. The third kappa shape index (κ3) is 3.58. The van der Waals surface area contributed by atoms with Crippen LogP contribution in [0.1, 0.15) is 23.9 Å². The van der Waals surface area contributed by atoms with Crippen molar-refractivity contribution < 1.29 is 9.90 Å². The lowest BCUT2D eigenvalue weighted by atomic mass is 10.1. The maximum Gasteiger partial charge on any atom is 0.240 e. The van der Waals surface area contributed by atoms with Gasteiger partial charge in [-0.1, -0.05) is 0 Å². The summed E-state index contributed by atoms with van der Waals surface area (Å²) < 4.78 is 1.82. The predicted molar refractivity (Wildman–Crippen MR) is 78.3 cm³/mol. The number of hydrogen-bond donors (Lipinski definition) is 1. The second-order valence-corrected chi connectivity index (χ2v) is 5.40. The zero-order valence-corrected chi connectivity index (χ0v) is 13.3. The summed E-state index contributed by atoms with van der Waals surface area (Å²) in [7, 11) is 5.65. The molecule has 0 spiro atoms. The molecule has 0 aliphatic carbocycles. The average Bonchev–Trinajstić information content (AvgIpc) is 2.62. The lowest BCUT2D eigenvalue weighted by Crippen LogP contribution is -2.45. The van der Waals surface area contributed by atoms with Gasteiger partial charge >= 0.3 is 0 Å². The lowest BCUT2D eigenvalue weighted by molar-refractivity contribution is -0.136. The van der Waals surface area contributed by atoms with Crippen LogP contribution < -0.4 is 0 Å². The van der Waals surface area contributed by atoms with Gasteiger partial charge in [-0.05, 0) is 34.9 Å². The van der Waals surface area contributed by atoms with Gasteiger partial charge in [-0.3, -0.25) is 14.4 Å². The number of nitrogens with zero attached hydrogens (tertiary/aromatic N) is 4. The van der Waals surface area contributed by atoms with Gasteiger partial charge in [-0.25, -0.2) is 0 Å². The number of aliphatic hydroxyl groups is 1. The lowest BCUT2D eigenvalue weighted by Gasteiger charge is -2.28. The number of carbonyl (C=O) groups excluding carboxylic acids is 1. The first-order chi connectivity index (χ1) is 9.29. The Hall–Kier alpha value is -1.40. The molecule has 1 heterocycles. The zero-order chi connectivity index (χ0) is 15.4. The van der Waals surface area contributed by atoms with Crippen LogP contribution in [0.15, 0.2) is 0 Å². The molecule has 1 atom stereocenters. The van der Waals surface area contributed by atoms with Crippen molar-refractivity contribution in [2.24, 2.45) is 7.05 Å². The Balaban J connectivity index is 2.95. The molecule has 1 rings (SSSR count). The standard InChI is InChI=1S/C14H26N4O2/c1-10-13(11(2)17(6)15-10)9-18(7-8-19)14(20)12(3)16(4)5/h12,19H,7-9H2,1-6H3. The van der Waals surface area contributed by atoms with Gasteiger partial charge in [0, 0.05) is 31.4 Å². The minimum absolute atomic E-state index is 0.0201. The summed E-state index contributed by atoms with van der Waals surface area (Å²) in [4.78, 5) is 16.0. The van der Waals surface area contributed by atoms with E-state index in [0.29, 0.717) is 13.1 Å². The first kappa shape index (κ1) is 16.7. The molecule has 6 nitrogen and oxygen atoms in total. The second-order valence-electron chi connectivity index (χ2n) is 5.40. The molecule has 0 bridgehead atoms. The maximum atomic E-state index is 12.5. The predicted octanol–water partition coefficient (Wildman–Crippen LogP) is 0.308. The molecule has 114 valence electrons. The van der Waals surface area contributed by atoms with Crippen molar-refractivity contribution in [2.75, 3.05) is 27.2 Å². The van der Waals surface area contributed by atoms with Gasteiger partial charge in [-0.15, -0.1) is 0 Å². The molecule has 1 aromatic rings. The van der Waals surface area contributed by atoms with Crippen LogP contribution in [0.2, 0.25) is 0 Å². The molecule has 1 unspecified atom stereocenters. The molecule has 1 amide bonds. The van der Waals surface area contributed by atoms with E-state index in [-0.39, 0.29) is 18.6 Å². The fourth-order valence-corrected chi connectivity index (χ4v) is 2.11. The van der Waals surface area contributed by atoms with Gasteiger partial charge in [0.05, 0.1) is 18.3 Å². The van der Waals surface area contributed by atoms with E-state index in [0.717, 1.165) is 17.0 Å². The molecule has 6 heteroatoms. The van der Waals surface area contributed by atoms with Crippen molar-refractivity contribution in [1.29, 1.82) is 0 Å². The normalized spacial score (nSPS) is 12.8. The van der Waals surface area contributed by atoms with E-state index in [2.05, 4.69) is 5.10 Å². The van der Waals surface area contributed by atoms with Crippen molar-refractivity contribution >= 4 is 5.91 Å². The van der Waals surface area contributed by atoms with Crippen molar-refractivity contribution in [1.82, 2.24) is 19.6 Å². The van der Waals surface area contributed by atoms with Gasteiger partial charge in [0.15, 0.2) is 0 Å². The van der Waals surface area contributed by atoms with Crippen LogP contribution in [0.25, 0.3) is 0 Å². The van der Waals surface area contributed by atoms with Crippen molar-refractivity contribution in [2.45, 2.75) is 33.4 Å². The molecule has 20 heavy (non-hydrogen) atoms. The number of amides is 1. The van der Waals surface area contributed by atoms with Gasteiger partial charge in [0.2, 0.25) is 5.91 Å². The highest BCUT2D eigenvalue weighted by atomic mass is 16.3. The summed E-state index contributed by atoms with van der Waals surface area (Å²) in [5.74, 6) is 0.0201. The molecule has 0 saturated carbocycles. The van der Waals surface area contributed by atoms with Gasteiger partial charge in [0.25, 0.3) is 0 Å². The smallest absolute Gasteiger partial charge is 0.240 e. The highest BCUT2D eigenvalue weighted by molar-refractivity contribution is 5.81. The number of aryl methyl sites for hydroxylation is 2. The zero-order valence-electron chi connectivity index (χ0n) is 13.3. The van der Waals surface area contributed by atoms with Crippen molar-refractivity contribution in [3.05, 3.63) is 17.0 Å². The quantitative estimate of drug-likeness (QED) is 0.815. The number of aliphatic hydroxyl groups excluding tert-OH is 1. The number of likely N-dealkylation sites (N-methyl/N-ethyl adjacent to an activating group) is 1. The third-order valence-corrected chi connectivity index (χ3v) is 3.82. The Morgan fingerprint density at radius 1 is 1.40 bits per heavy atom. The third-order valence-electron chi connectivity index (χ3n) is 3.82. The van der Waals surface area contributed by atoms with Crippen LogP contribution >= 0.6 is 0 Å². The van der Waals surface area contributed by atoms with Crippen molar-refractivity contribution in [3.8, 4) is 0 Å². The monoisotopic (exact) mass is 282 g/mol. The van der Waals surface area contributed by atoms with Crippen LogP contribution in [0, 0.1) is 13.8 Å². The fourth-order valence-electron chi connectivity index (χ4n) is 2.11. The fraction of sp³-hybridized carbons (Fsp3) is 0.714. The number of rotatable bonds is 6. The first-order valence-electron chi connectivity index (χ1n) is 6.84. The molecule has 0 radical (unpaired) electrons. The topological polar surface area (TPSA) is 61.6 Å². The molecule has 1 aromatic heterocycles. The first-order valence-corrected chi connectivity index (χ1v) is 6.84. The van der Waals surface area contributed by atoms with E-state index in [1.807, 2.05) is 51.5 Å². The number of hydrogen-bond acceptors (Lipinski definition) is 4. The molecule has 0 aliphatic heterocycles. The highest BCUT2D eigenvalue weighted by Gasteiger charge is 2.23. The minimum Gasteiger partial charge on any atom is -0.395 e. The summed E-state index contributed by atoms with van der Waals surface area (Å²) in [6.07, 6.45) is 0. The molecule has 0 aliphatic rings. The molecule has 0 fully saturated rings. The van der Waals surface area contributed by atoms with Gasteiger partial charge in [-0.2, -0.15) is 5.10 Å². The van der Waals surface area contributed by atoms with Crippen LogP contribution in [0.5, 0.6) is 0 Å². The summed E-state index contributed by atoms with van der Waals surface area (Å²) in [6.45, 7) is 6.60. The Kier molecular flexibility index (Phi) is 5.71. The summed E-state index contributed by atoms with van der Waals surface area (Å²) >= 11 is 0. The van der Waals surface area contributed by atoms with Crippen LogP contribution in [-0.2, 0) is 18.4 Å². The average molecular weight is 282 g/mol. The van der Waals surface area contributed by atoms with Crippen LogP contribution in [0.4, 0.5) is 0 Å². The van der Waals surface area contributed by atoms with Gasteiger partial charge in [0.1, 0.15) is 0 Å². The van der Waals surface area contributed by atoms with E-state index in [9.17, 15) is 9.90 Å². The van der Waals surface area contributed by atoms with E-state index >= 15 is 0 Å². The van der Waals surface area contributed by atoms with E-state index in [1.165, 1.54) is 0 Å². The summed E-state index contributed by atoms with van der Waals surface area (Å²) in [5, 5.41) is 13.6.